The van der Waals surface area contributed by atoms with Crippen LogP contribution in [-0.2, 0) is 32.3 Å². The van der Waals surface area contributed by atoms with Crippen LogP contribution in [0.3, 0.4) is 0 Å². The van der Waals surface area contributed by atoms with Crippen molar-refractivity contribution >= 4 is 27.5 Å². The summed E-state index contributed by atoms with van der Waals surface area (Å²) in [5.41, 5.74) is -0.0136. The average Bonchev–Trinajstić information content (AvgIpc) is 2.97. The van der Waals surface area contributed by atoms with Crippen LogP contribution >= 0.6 is 0 Å². The molecule has 0 aliphatic rings. The van der Waals surface area contributed by atoms with Gasteiger partial charge in [-0.15, -0.1) is 0 Å². The molecular formula is C31H36F3N3O5S. The highest BCUT2D eigenvalue weighted by Crippen LogP contribution is 2.33. The van der Waals surface area contributed by atoms with Crippen LogP contribution in [0.4, 0.5) is 18.9 Å². The summed E-state index contributed by atoms with van der Waals surface area (Å²) in [6, 6.07) is 15.3. The monoisotopic (exact) mass is 619 g/mol. The molecule has 0 fully saturated rings. The van der Waals surface area contributed by atoms with E-state index in [2.05, 4.69) is 5.32 Å². The van der Waals surface area contributed by atoms with Crippen LogP contribution in [0.25, 0.3) is 0 Å². The normalized spacial score (nSPS) is 12.5. The van der Waals surface area contributed by atoms with Crippen molar-refractivity contribution in [1.82, 2.24) is 10.2 Å². The minimum atomic E-state index is -4.75. The van der Waals surface area contributed by atoms with E-state index in [0.717, 1.165) is 17.7 Å². The van der Waals surface area contributed by atoms with Gasteiger partial charge in [0.2, 0.25) is 11.8 Å². The molecule has 0 spiro atoms. The number of halogens is 3. The van der Waals surface area contributed by atoms with Crippen molar-refractivity contribution in [2.24, 2.45) is 5.92 Å². The topological polar surface area (TPSA) is 96.0 Å². The zero-order valence-corrected chi connectivity index (χ0v) is 25.5. The molecule has 3 aromatic rings. The van der Waals surface area contributed by atoms with Crippen LogP contribution in [0.1, 0.15) is 37.5 Å². The molecule has 0 saturated heterocycles. The van der Waals surface area contributed by atoms with Gasteiger partial charge in [-0.3, -0.25) is 13.9 Å². The molecule has 1 N–H and O–H groups in total. The largest absolute Gasteiger partial charge is 0.497 e. The summed E-state index contributed by atoms with van der Waals surface area (Å²) in [7, 11) is -3.01. The van der Waals surface area contributed by atoms with Gasteiger partial charge in [0.1, 0.15) is 18.3 Å². The number of anilines is 1. The molecule has 1 atom stereocenters. The van der Waals surface area contributed by atoms with E-state index in [9.17, 15) is 31.2 Å². The minimum Gasteiger partial charge on any atom is -0.497 e. The van der Waals surface area contributed by atoms with E-state index in [-0.39, 0.29) is 23.0 Å². The fourth-order valence-electron chi connectivity index (χ4n) is 4.17. The summed E-state index contributed by atoms with van der Waals surface area (Å²) < 4.78 is 74.4. The summed E-state index contributed by atoms with van der Waals surface area (Å²) in [5, 5.41) is 2.78. The van der Waals surface area contributed by atoms with Crippen molar-refractivity contribution in [3.63, 3.8) is 0 Å². The van der Waals surface area contributed by atoms with Gasteiger partial charge in [-0.25, -0.2) is 8.42 Å². The van der Waals surface area contributed by atoms with E-state index in [4.69, 9.17) is 4.74 Å². The predicted molar refractivity (Wildman–Crippen MR) is 158 cm³/mol. The minimum absolute atomic E-state index is 0.0693. The Kier molecular flexibility index (Phi) is 10.8. The molecule has 0 aliphatic heterocycles. The first-order chi connectivity index (χ1) is 20.1. The Bertz CT molecular complexity index is 1510. The molecule has 0 bridgehead atoms. The lowest BCUT2D eigenvalue weighted by Gasteiger charge is -2.32. The van der Waals surface area contributed by atoms with E-state index < -0.39 is 46.2 Å². The predicted octanol–water partition coefficient (Wildman–Crippen LogP) is 5.41. The smallest absolute Gasteiger partial charge is 0.416 e. The molecule has 8 nitrogen and oxygen atoms in total. The lowest BCUT2D eigenvalue weighted by molar-refractivity contribution is -0.139. The number of ether oxygens (including phenoxy) is 1. The van der Waals surface area contributed by atoms with Crippen LogP contribution in [0.15, 0.2) is 77.7 Å². The third-order valence-electron chi connectivity index (χ3n) is 6.71. The van der Waals surface area contributed by atoms with Gasteiger partial charge in [0.25, 0.3) is 10.0 Å². The van der Waals surface area contributed by atoms with Gasteiger partial charge < -0.3 is 15.0 Å². The molecule has 0 unspecified atom stereocenters. The Morgan fingerprint density at radius 3 is 2.14 bits per heavy atom. The fraction of sp³-hybridized carbons (Fsp3) is 0.355. The number of amides is 2. The van der Waals surface area contributed by atoms with Gasteiger partial charge in [0.05, 0.1) is 23.3 Å². The van der Waals surface area contributed by atoms with E-state index in [1.807, 2.05) is 13.8 Å². The van der Waals surface area contributed by atoms with Gasteiger partial charge in [0.15, 0.2) is 0 Å². The SMILES string of the molecule is COc1ccc(CN(C(=O)CN(c2cccc(C(F)(F)F)c2)S(=O)(=O)c2ccc(C)cc2)[C@H](C)C(=O)NCC(C)C)cc1. The maximum Gasteiger partial charge on any atom is 0.416 e. The van der Waals surface area contributed by atoms with Crippen LogP contribution < -0.4 is 14.4 Å². The number of alkyl halides is 3. The molecule has 0 saturated carbocycles. The lowest BCUT2D eigenvalue weighted by atomic mass is 10.1. The molecule has 2 amide bonds. The van der Waals surface area contributed by atoms with E-state index >= 15 is 0 Å². The number of rotatable bonds is 12. The summed E-state index contributed by atoms with van der Waals surface area (Å²) in [4.78, 5) is 28.0. The summed E-state index contributed by atoms with van der Waals surface area (Å²) in [5.74, 6) is -0.527. The second-order valence-electron chi connectivity index (χ2n) is 10.6. The van der Waals surface area contributed by atoms with Crippen molar-refractivity contribution < 1.29 is 35.9 Å². The number of nitrogens with one attached hydrogen (secondary N) is 1. The number of hydrogen-bond donors (Lipinski definition) is 1. The summed E-state index contributed by atoms with van der Waals surface area (Å²) in [6.45, 7) is 6.52. The number of nitrogens with zero attached hydrogens (tertiary/aromatic N) is 2. The molecule has 43 heavy (non-hydrogen) atoms. The molecule has 3 rings (SSSR count). The summed E-state index contributed by atoms with van der Waals surface area (Å²) >= 11 is 0. The number of carbonyl (C=O) groups is 2. The number of sulfonamides is 1. The van der Waals surface area contributed by atoms with E-state index in [1.165, 1.54) is 37.1 Å². The molecule has 0 aliphatic carbocycles. The first-order valence-electron chi connectivity index (χ1n) is 13.6. The zero-order valence-electron chi connectivity index (χ0n) is 24.7. The van der Waals surface area contributed by atoms with Crippen LogP contribution in [-0.4, -0.2) is 51.4 Å². The zero-order chi connectivity index (χ0) is 31.9. The molecular weight excluding hydrogens is 583 g/mol. The van der Waals surface area contributed by atoms with E-state index in [1.54, 1.807) is 43.3 Å². The van der Waals surface area contributed by atoms with E-state index in [0.29, 0.717) is 28.2 Å². The lowest BCUT2D eigenvalue weighted by Crippen LogP contribution is -2.51. The van der Waals surface area contributed by atoms with Crippen molar-refractivity contribution in [2.75, 3.05) is 24.5 Å². The van der Waals surface area contributed by atoms with Gasteiger partial charge in [-0.1, -0.05) is 49.7 Å². The highest BCUT2D eigenvalue weighted by Gasteiger charge is 2.35. The molecule has 0 aromatic heterocycles. The third-order valence-corrected chi connectivity index (χ3v) is 8.50. The maximum atomic E-state index is 13.9. The second kappa shape index (κ2) is 13.9. The molecule has 3 aromatic carbocycles. The standard InChI is InChI=1S/C31H36F3N3O5S/c1-21(2)18-35-30(39)23(4)36(19-24-11-13-27(42-5)14-12-24)29(38)20-37(26-8-6-7-25(17-26)31(32,33)34)43(40,41)28-15-9-22(3)10-16-28/h6-17,21,23H,18-20H2,1-5H3,(H,35,39)/t23-/m1/s1. The summed E-state index contributed by atoms with van der Waals surface area (Å²) in [6.07, 6.45) is -4.75. The number of aryl methyl sites for hydroxylation is 1. The van der Waals surface area contributed by atoms with Crippen molar-refractivity contribution in [1.29, 1.82) is 0 Å². The Morgan fingerprint density at radius 1 is 0.953 bits per heavy atom. The highest BCUT2D eigenvalue weighted by atomic mass is 32.2. The average molecular weight is 620 g/mol. The Hall–Kier alpha value is -4.06. The van der Waals surface area contributed by atoms with Crippen LogP contribution in [0.5, 0.6) is 5.75 Å². The van der Waals surface area contributed by atoms with Crippen molar-refractivity contribution in [3.8, 4) is 5.75 Å². The molecule has 0 radical (unpaired) electrons. The van der Waals surface area contributed by atoms with Gasteiger partial charge >= 0.3 is 6.18 Å². The Labute approximate surface area is 250 Å². The first kappa shape index (κ1) is 33.4. The van der Waals surface area contributed by atoms with Gasteiger partial charge in [-0.05, 0) is 67.8 Å². The molecule has 0 heterocycles. The van der Waals surface area contributed by atoms with Crippen molar-refractivity contribution in [2.45, 2.75) is 51.4 Å². The van der Waals surface area contributed by atoms with Gasteiger partial charge in [0, 0.05) is 13.1 Å². The van der Waals surface area contributed by atoms with Crippen LogP contribution in [0, 0.1) is 12.8 Å². The molecule has 12 heteroatoms. The number of hydrogen-bond acceptors (Lipinski definition) is 5. The quantitative estimate of drug-likeness (QED) is 0.293. The third kappa shape index (κ3) is 8.73. The number of methoxy groups -OCH3 is 1. The Balaban J connectivity index is 2.07. The van der Waals surface area contributed by atoms with Crippen LogP contribution in [0.2, 0.25) is 0 Å². The Morgan fingerprint density at radius 2 is 1.58 bits per heavy atom. The van der Waals surface area contributed by atoms with Crippen molar-refractivity contribution in [3.05, 3.63) is 89.5 Å². The second-order valence-corrected chi connectivity index (χ2v) is 12.4. The molecule has 232 valence electrons. The first-order valence-corrected chi connectivity index (χ1v) is 15.0. The number of carbonyl (C=O) groups excluding carboxylic acids is 2. The maximum absolute atomic E-state index is 13.9. The number of benzene rings is 3. The highest BCUT2D eigenvalue weighted by molar-refractivity contribution is 7.92. The fourth-order valence-corrected chi connectivity index (χ4v) is 5.57. The van der Waals surface area contributed by atoms with Gasteiger partial charge in [-0.2, -0.15) is 13.2 Å².